The third kappa shape index (κ3) is 3.99. The van der Waals surface area contributed by atoms with Crippen molar-refractivity contribution in [1.82, 2.24) is 25.0 Å². The molecule has 1 saturated heterocycles. The molecule has 25 heavy (non-hydrogen) atoms. The summed E-state index contributed by atoms with van der Waals surface area (Å²) in [5.74, 6) is -0.0714. The Morgan fingerprint density at radius 1 is 1.44 bits per heavy atom. The minimum atomic E-state index is -0.0714. The number of amides is 1. The van der Waals surface area contributed by atoms with E-state index in [1.807, 2.05) is 20.0 Å². The smallest absolute Gasteiger partial charge is 0.252 e. The second-order valence-corrected chi connectivity index (χ2v) is 6.79. The first-order valence-corrected chi connectivity index (χ1v) is 9.02. The molecule has 136 valence electrons. The van der Waals surface area contributed by atoms with E-state index in [0.29, 0.717) is 18.2 Å². The number of aryl methyl sites for hydroxylation is 2. The first-order valence-electron chi connectivity index (χ1n) is 9.02. The predicted octanol–water partition coefficient (Wildman–Crippen LogP) is 1.24. The summed E-state index contributed by atoms with van der Waals surface area (Å²) in [6.45, 7) is 4.85. The quantitative estimate of drug-likeness (QED) is 0.738. The van der Waals surface area contributed by atoms with E-state index < -0.39 is 0 Å². The van der Waals surface area contributed by atoms with Gasteiger partial charge in [0.1, 0.15) is 0 Å². The van der Waals surface area contributed by atoms with Gasteiger partial charge in [0.05, 0.1) is 23.8 Å². The number of fused-ring (bicyclic) bond motifs is 1. The van der Waals surface area contributed by atoms with Gasteiger partial charge in [0, 0.05) is 25.3 Å². The van der Waals surface area contributed by atoms with Crippen molar-refractivity contribution in [2.75, 3.05) is 26.2 Å². The molecular formula is C18H27N5O2. The summed E-state index contributed by atoms with van der Waals surface area (Å²) < 4.78 is 1.69. The Kier molecular flexibility index (Phi) is 5.65. The standard InChI is InChI=1S/C18H27N5O2/c1-13-10-15(16-11-20-22(2)17(16)21-13)18(25)19-7-3-4-8-23-9-5-6-14(23)12-24/h10-11,14,24H,3-9,12H2,1-2H3,(H,19,25). The molecule has 1 unspecified atom stereocenters. The molecular weight excluding hydrogens is 318 g/mol. The monoisotopic (exact) mass is 345 g/mol. The summed E-state index contributed by atoms with van der Waals surface area (Å²) in [4.78, 5) is 19.3. The number of hydrogen-bond acceptors (Lipinski definition) is 5. The molecule has 2 aromatic heterocycles. The molecule has 1 atom stereocenters. The second-order valence-electron chi connectivity index (χ2n) is 6.79. The number of likely N-dealkylation sites (tertiary alicyclic amines) is 1. The minimum Gasteiger partial charge on any atom is -0.395 e. The van der Waals surface area contributed by atoms with Crippen LogP contribution in [0.5, 0.6) is 0 Å². The lowest BCUT2D eigenvalue weighted by molar-refractivity contribution is 0.0953. The molecule has 1 aliphatic heterocycles. The number of nitrogens with one attached hydrogen (secondary N) is 1. The average molecular weight is 345 g/mol. The maximum atomic E-state index is 12.5. The van der Waals surface area contributed by atoms with Crippen LogP contribution < -0.4 is 5.32 Å². The molecule has 3 heterocycles. The van der Waals surface area contributed by atoms with Crippen LogP contribution >= 0.6 is 0 Å². The van der Waals surface area contributed by atoms with Gasteiger partial charge in [0.2, 0.25) is 0 Å². The lowest BCUT2D eigenvalue weighted by Gasteiger charge is -2.22. The van der Waals surface area contributed by atoms with Crippen LogP contribution in [0.4, 0.5) is 0 Å². The van der Waals surface area contributed by atoms with Gasteiger partial charge in [-0.3, -0.25) is 14.4 Å². The Morgan fingerprint density at radius 2 is 2.28 bits per heavy atom. The Morgan fingerprint density at radius 3 is 3.08 bits per heavy atom. The van der Waals surface area contributed by atoms with Gasteiger partial charge in [-0.15, -0.1) is 0 Å². The fourth-order valence-electron chi connectivity index (χ4n) is 3.56. The normalized spacial score (nSPS) is 18.1. The number of aromatic nitrogens is 3. The number of unbranched alkanes of at least 4 members (excludes halogenated alkanes) is 1. The first kappa shape index (κ1) is 17.8. The largest absolute Gasteiger partial charge is 0.395 e. The maximum absolute atomic E-state index is 12.5. The minimum absolute atomic E-state index is 0.0714. The Bertz CT molecular complexity index is 742. The molecule has 0 radical (unpaired) electrons. The summed E-state index contributed by atoms with van der Waals surface area (Å²) in [6, 6.07) is 2.14. The van der Waals surface area contributed by atoms with Crippen molar-refractivity contribution in [2.45, 2.75) is 38.6 Å². The highest BCUT2D eigenvalue weighted by Gasteiger charge is 2.22. The molecule has 7 heteroatoms. The Hall–Kier alpha value is -1.99. The van der Waals surface area contributed by atoms with Gasteiger partial charge in [-0.05, 0) is 51.8 Å². The number of pyridine rings is 1. The van der Waals surface area contributed by atoms with Crippen LogP contribution in [-0.2, 0) is 7.05 Å². The summed E-state index contributed by atoms with van der Waals surface area (Å²) in [7, 11) is 1.83. The second kappa shape index (κ2) is 7.93. The van der Waals surface area contributed by atoms with E-state index in [9.17, 15) is 9.90 Å². The van der Waals surface area contributed by atoms with E-state index in [-0.39, 0.29) is 12.5 Å². The molecule has 0 spiro atoms. The zero-order chi connectivity index (χ0) is 17.8. The Balaban J connectivity index is 1.50. The molecule has 3 rings (SSSR count). The van der Waals surface area contributed by atoms with E-state index in [2.05, 4.69) is 20.3 Å². The van der Waals surface area contributed by atoms with Gasteiger partial charge >= 0.3 is 0 Å². The number of rotatable bonds is 7. The van der Waals surface area contributed by atoms with Crippen LogP contribution in [0.25, 0.3) is 11.0 Å². The van der Waals surface area contributed by atoms with Gasteiger partial charge in [-0.1, -0.05) is 0 Å². The molecule has 0 aromatic carbocycles. The number of aliphatic hydroxyl groups excluding tert-OH is 1. The molecule has 0 aliphatic carbocycles. The SMILES string of the molecule is Cc1cc(C(=O)NCCCCN2CCCC2CO)c2cnn(C)c2n1. The lowest BCUT2D eigenvalue weighted by atomic mass is 10.1. The van der Waals surface area contributed by atoms with Crippen LogP contribution in [0.1, 0.15) is 41.7 Å². The maximum Gasteiger partial charge on any atom is 0.252 e. The zero-order valence-electron chi connectivity index (χ0n) is 15.0. The topological polar surface area (TPSA) is 83.3 Å². The van der Waals surface area contributed by atoms with Gasteiger partial charge in [0.25, 0.3) is 5.91 Å². The number of nitrogens with zero attached hydrogens (tertiary/aromatic N) is 4. The molecule has 2 aromatic rings. The Labute approximate surface area is 148 Å². The number of carbonyl (C=O) groups is 1. The van der Waals surface area contributed by atoms with Gasteiger partial charge in [-0.25, -0.2) is 4.98 Å². The molecule has 0 bridgehead atoms. The van der Waals surface area contributed by atoms with Crippen molar-refractivity contribution in [1.29, 1.82) is 0 Å². The fraction of sp³-hybridized carbons (Fsp3) is 0.611. The highest BCUT2D eigenvalue weighted by atomic mass is 16.3. The molecule has 2 N–H and O–H groups in total. The number of carbonyl (C=O) groups excluding carboxylic acids is 1. The van der Waals surface area contributed by atoms with Crippen molar-refractivity contribution >= 4 is 16.9 Å². The summed E-state index contributed by atoms with van der Waals surface area (Å²) >= 11 is 0. The first-order chi connectivity index (χ1) is 12.1. The van der Waals surface area contributed by atoms with Crippen molar-refractivity contribution < 1.29 is 9.90 Å². The van der Waals surface area contributed by atoms with E-state index in [1.165, 1.54) is 6.42 Å². The average Bonchev–Trinajstić information content (AvgIpc) is 3.20. The van der Waals surface area contributed by atoms with Crippen molar-refractivity contribution in [3.05, 3.63) is 23.5 Å². The van der Waals surface area contributed by atoms with Gasteiger partial charge in [0.15, 0.2) is 5.65 Å². The third-order valence-electron chi connectivity index (χ3n) is 4.95. The van der Waals surface area contributed by atoms with Crippen molar-refractivity contribution in [3.8, 4) is 0 Å². The van der Waals surface area contributed by atoms with E-state index >= 15 is 0 Å². The van der Waals surface area contributed by atoms with E-state index in [1.54, 1.807) is 10.9 Å². The zero-order valence-corrected chi connectivity index (χ0v) is 15.0. The molecule has 0 saturated carbocycles. The van der Waals surface area contributed by atoms with Crippen LogP contribution in [0.15, 0.2) is 12.3 Å². The number of hydrogen-bond donors (Lipinski definition) is 2. The van der Waals surface area contributed by atoms with Crippen molar-refractivity contribution in [2.24, 2.45) is 7.05 Å². The highest BCUT2D eigenvalue weighted by Crippen LogP contribution is 2.18. The molecule has 1 aliphatic rings. The fourth-order valence-corrected chi connectivity index (χ4v) is 3.56. The van der Waals surface area contributed by atoms with Gasteiger partial charge in [-0.2, -0.15) is 5.10 Å². The molecule has 1 amide bonds. The lowest BCUT2D eigenvalue weighted by Crippen LogP contribution is -2.33. The molecule has 7 nitrogen and oxygen atoms in total. The van der Waals surface area contributed by atoms with Crippen molar-refractivity contribution in [3.63, 3.8) is 0 Å². The van der Waals surface area contributed by atoms with Crippen LogP contribution in [0, 0.1) is 6.92 Å². The van der Waals surface area contributed by atoms with E-state index in [4.69, 9.17) is 0 Å². The van der Waals surface area contributed by atoms with Crippen LogP contribution in [0.3, 0.4) is 0 Å². The van der Waals surface area contributed by atoms with Gasteiger partial charge < -0.3 is 10.4 Å². The van der Waals surface area contributed by atoms with E-state index in [0.717, 1.165) is 49.1 Å². The van der Waals surface area contributed by atoms with Crippen LogP contribution in [-0.4, -0.2) is 63.0 Å². The summed E-state index contributed by atoms with van der Waals surface area (Å²) in [5.41, 5.74) is 2.18. The number of aliphatic hydroxyl groups is 1. The summed E-state index contributed by atoms with van der Waals surface area (Å²) in [6.07, 6.45) is 5.91. The predicted molar refractivity (Wildman–Crippen MR) is 96.5 cm³/mol. The highest BCUT2D eigenvalue weighted by molar-refractivity contribution is 6.05. The molecule has 1 fully saturated rings. The summed E-state index contributed by atoms with van der Waals surface area (Å²) in [5, 5.41) is 17.3. The third-order valence-corrected chi connectivity index (χ3v) is 4.95. The van der Waals surface area contributed by atoms with Crippen LogP contribution in [0.2, 0.25) is 0 Å².